The Kier molecular flexibility index (Phi) is 13.4. The lowest BCUT2D eigenvalue weighted by Gasteiger charge is -2.20. The Morgan fingerprint density at radius 3 is 2.03 bits per heavy atom. The minimum Gasteiger partial charge on any atom is -0.744 e. The van der Waals surface area contributed by atoms with Crippen LogP contribution in [-0.4, -0.2) is 39.5 Å². The third-order valence-corrected chi connectivity index (χ3v) is 5.86. The molecule has 0 bridgehead atoms. The molecule has 168 valence electrons. The van der Waals surface area contributed by atoms with Crippen LogP contribution in [0.3, 0.4) is 0 Å². The molecular formula is C22H39NO5S. The minimum absolute atomic E-state index is 0.157. The summed E-state index contributed by atoms with van der Waals surface area (Å²) in [5, 5.41) is 1.69. The number of unbranched alkanes of at least 4 members (excludes halogenated alkanes) is 6. The summed E-state index contributed by atoms with van der Waals surface area (Å²) in [6.45, 7) is 5.70. The van der Waals surface area contributed by atoms with Gasteiger partial charge in [-0.15, -0.1) is 0 Å². The van der Waals surface area contributed by atoms with Crippen LogP contribution < -0.4 is 5.32 Å². The third-order valence-electron chi connectivity index (χ3n) is 4.97. The summed E-state index contributed by atoms with van der Waals surface area (Å²) in [7, 11) is -2.75. The molecule has 0 unspecified atom stereocenters. The van der Waals surface area contributed by atoms with Crippen LogP contribution in [-0.2, 0) is 26.0 Å². The highest BCUT2D eigenvalue weighted by molar-refractivity contribution is 7.85. The molecule has 0 saturated carbocycles. The second-order valence-corrected chi connectivity index (χ2v) is 8.75. The summed E-state index contributed by atoms with van der Waals surface area (Å²) in [6.07, 6.45) is 10.0. The molecule has 2 N–H and O–H groups in total. The lowest BCUT2D eigenvalue weighted by molar-refractivity contribution is -0.542. The summed E-state index contributed by atoms with van der Waals surface area (Å²) < 4.78 is 46.6. The third kappa shape index (κ3) is 10.6. The van der Waals surface area contributed by atoms with Gasteiger partial charge in [-0.25, -0.2) is 8.42 Å². The van der Waals surface area contributed by atoms with Crippen molar-refractivity contribution in [3.63, 3.8) is 0 Å². The van der Waals surface area contributed by atoms with Crippen LogP contribution in [0.2, 0.25) is 0 Å². The van der Waals surface area contributed by atoms with Crippen molar-refractivity contribution >= 4 is 15.8 Å². The topological polar surface area (TPSA) is 92.3 Å². The van der Waals surface area contributed by atoms with Gasteiger partial charge in [0.2, 0.25) is 0 Å². The van der Waals surface area contributed by atoms with Crippen molar-refractivity contribution in [2.75, 3.05) is 20.3 Å². The molecule has 0 saturated heterocycles. The SMILES string of the molecule is CCCCCCOC(CCc1cccc(S(=O)(=O)[O-])c1[NH2+]C)OCCCCCC. The lowest BCUT2D eigenvalue weighted by Crippen LogP contribution is -2.73. The molecule has 0 radical (unpaired) electrons. The van der Waals surface area contributed by atoms with Crippen molar-refractivity contribution in [1.29, 1.82) is 0 Å². The Labute approximate surface area is 177 Å². The van der Waals surface area contributed by atoms with Gasteiger partial charge in [-0.05, 0) is 25.3 Å². The molecule has 0 heterocycles. The monoisotopic (exact) mass is 429 g/mol. The maximum atomic E-state index is 11.5. The van der Waals surface area contributed by atoms with E-state index >= 15 is 0 Å². The smallest absolute Gasteiger partial charge is 0.157 e. The number of quaternary nitrogens is 1. The van der Waals surface area contributed by atoms with Crippen LogP contribution in [0.4, 0.5) is 5.69 Å². The van der Waals surface area contributed by atoms with Gasteiger partial charge in [0.05, 0.1) is 7.05 Å². The summed E-state index contributed by atoms with van der Waals surface area (Å²) in [5.41, 5.74) is 1.32. The summed E-state index contributed by atoms with van der Waals surface area (Å²) >= 11 is 0. The molecule has 1 aromatic rings. The van der Waals surface area contributed by atoms with Gasteiger partial charge >= 0.3 is 0 Å². The first-order chi connectivity index (χ1) is 13.9. The first-order valence-corrected chi connectivity index (χ1v) is 12.4. The van der Waals surface area contributed by atoms with Gasteiger partial charge in [-0.2, -0.15) is 0 Å². The molecule has 0 spiro atoms. The van der Waals surface area contributed by atoms with Gasteiger partial charge in [0.25, 0.3) is 0 Å². The number of hydrogen-bond acceptors (Lipinski definition) is 5. The molecule has 0 aliphatic heterocycles. The Bertz CT molecular complexity index is 649. The number of rotatable bonds is 17. The highest BCUT2D eigenvalue weighted by Gasteiger charge is 2.18. The van der Waals surface area contributed by atoms with E-state index in [9.17, 15) is 13.0 Å². The Hall–Kier alpha value is -0.990. The molecule has 0 amide bonds. The van der Waals surface area contributed by atoms with Gasteiger partial charge in [-0.1, -0.05) is 64.5 Å². The van der Waals surface area contributed by atoms with Crippen molar-refractivity contribution in [3.8, 4) is 0 Å². The number of ether oxygens (including phenoxy) is 2. The van der Waals surface area contributed by atoms with E-state index in [2.05, 4.69) is 13.8 Å². The van der Waals surface area contributed by atoms with Crippen LogP contribution in [0.15, 0.2) is 23.1 Å². The Balaban J connectivity index is 2.69. The van der Waals surface area contributed by atoms with Crippen molar-refractivity contribution in [2.45, 2.75) is 89.2 Å². The average Bonchev–Trinajstić information content (AvgIpc) is 2.69. The maximum Gasteiger partial charge on any atom is 0.157 e. The van der Waals surface area contributed by atoms with Crippen LogP contribution in [0, 0.1) is 0 Å². The van der Waals surface area contributed by atoms with E-state index in [1.165, 1.54) is 31.7 Å². The number of nitrogens with two attached hydrogens (primary N) is 1. The Morgan fingerprint density at radius 1 is 0.966 bits per heavy atom. The number of aryl methyl sites for hydroxylation is 1. The second-order valence-electron chi connectivity index (χ2n) is 7.40. The average molecular weight is 430 g/mol. The first-order valence-electron chi connectivity index (χ1n) is 11.0. The van der Waals surface area contributed by atoms with E-state index in [0.29, 0.717) is 31.7 Å². The second kappa shape index (κ2) is 14.9. The van der Waals surface area contributed by atoms with Crippen LogP contribution in [0.5, 0.6) is 0 Å². The number of hydrogen-bond donors (Lipinski definition) is 1. The van der Waals surface area contributed by atoms with Gasteiger partial charge in [0.15, 0.2) is 6.29 Å². The summed E-state index contributed by atoms with van der Waals surface area (Å²) in [4.78, 5) is -0.157. The summed E-state index contributed by atoms with van der Waals surface area (Å²) in [6, 6.07) is 4.86. The van der Waals surface area contributed by atoms with Crippen molar-refractivity contribution in [1.82, 2.24) is 0 Å². The Morgan fingerprint density at radius 2 is 1.55 bits per heavy atom. The van der Waals surface area contributed by atoms with Crippen LogP contribution in [0.1, 0.15) is 77.2 Å². The van der Waals surface area contributed by atoms with E-state index in [4.69, 9.17) is 9.47 Å². The predicted molar refractivity (Wildman–Crippen MR) is 114 cm³/mol. The molecular weight excluding hydrogens is 390 g/mol. The molecule has 0 aliphatic carbocycles. The van der Waals surface area contributed by atoms with Crippen molar-refractivity contribution in [2.24, 2.45) is 0 Å². The van der Waals surface area contributed by atoms with Gasteiger partial charge in [0, 0.05) is 25.2 Å². The lowest BCUT2D eigenvalue weighted by atomic mass is 10.1. The largest absolute Gasteiger partial charge is 0.744 e. The zero-order chi connectivity index (χ0) is 21.5. The molecule has 29 heavy (non-hydrogen) atoms. The standard InChI is InChI=1S/C22H39NO5S/c1-4-6-8-10-17-27-21(28-18-11-9-7-5-2)16-15-19-13-12-14-20(22(19)23-3)29(24,25)26/h12-14,21,23H,4-11,15-18H2,1-3H3,(H,24,25,26). The van der Waals surface area contributed by atoms with E-state index in [1.807, 2.05) is 6.07 Å². The minimum atomic E-state index is -4.50. The molecule has 0 aliphatic rings. The van der Waals surface area contributed by atoms with E-state index in [0.717, 1.165) is 31.2 Å². The number of benzene rings is 1. The first kappa shape index (κ1) is 26.0. The zero-order valence-corrected chi connectivity index (χ0v) is 19.1. The molecule has 0 atom stereocenters. The van der Waals surface area contributed by atoms with Crippen LogP contribution >= 0.6 is 0 Å². The molecule has 6 nitrogen and oxygen atoms in total. The molecule has 0 aromatic heterocycles. The fraction of sp³-hybridized carbons (Fsp3) is 0.727. The van der Waals surface area contributed by atoms with E-state index in [1.54, 1.807) is 18.4 Å². The van der Waals surface area contributed by atoms with Gasteiger partial charge < -0.3 is 19.3 Å². The van der Waals surface area contributed by atoms with Crippen LogP contribution in [0.25, 0.3) is 0 Å². The molecule has 0 fully saturated rings. The fourth-order valence-electron chi connectivity index (χ4n) is 3.33. The molecule has 7 heteroatoms. The zero-order valence-electron chi connectivity index (χ0n) is 18.3. The normalized spacial score (nSPS) is 12.0. The molecule has 1 rings (SSSR count). The highest BCUT2D eigenvalue weighted by Crippen LogP contribution is 2.23. The predicted octanol–water partition coefficient (Wildman–Crippen LogP) is 3.87. The highest BCUT2D eigenvalue weighted by atomic mass is 32.2. The quantitative estimate of drug-likeness (QED) is 0.176. The molecule has 1 aromatic carbocycles. The van der Waals surface area contributed by atoms with Crippen molar-refractivity contribution < 1.29 is 27.8 Å². The summed E-state index contributed by atoms with van der Waals surface area (Å²) in [5.74, 6) is 0. The maximum absolute atomic E-state index is 11.5. The van der Waals surface area contributed by atoms with Gasteiger partial charge in [-0.3, -0.25) is 0 Å². The fourth-order valence-corrected chi connectivity index (χ4v) is 4.09. The van der Waals surface area contributed by atoms with E-state index in [-0.39, 0.29) is 11.2 Å². The van der Waals surface area contributed by atoms with E-state index < -0.39 is 10.1 Å². The van der Waals surface area contributed by atoms with Gasteiger partial charge in [0.1, 0.15) is 20.7 Å². The van der Waals surface area contributed by atoms with Crippen molar-refractivity contribution in [3.05, 3.63) is 23.8 Å². The number of para-hydroxylation sites is 1.